The topological polar surface area (TPSA) is 24.1 Å². The molecular weight excluding hydrogens is 308 g/mol. The van der Waals surface area contributed by atoms with Crippen molar-refractivity contribution in [3.8, 4) is 10.4 Å². The van der Waals surface area contributed by atoms with Crippen LogP contribution < -0.4 is 10.6 Å². The van der Waals surface area contributed by atoms with E-state index >= 15 is 0 Å². The number of nitrogens with one attached hydrogen (secondary N) is 2. The maximum absolute atomic E-state index is 5.56. The first kappa shape index (κ1) is 14.2. The highest BCUT2D eigenvalue weighted by Gasteiger charge is 2.39. The minimum absolute atomic E-state index is 0.577. The fourth-order valence-electron chi connectivity index (χ4n) is 3.99. The summed E-state index contributed by atoms with van der Waals surface area (Å²) in [7, 11) is 0. The number of para-hydroxylation sites is 1. The summed E-state index contributed by atoms with van der Waals surface area (Å²) in [6.45, 7) is 0. The van der Waals surface area contributed by atoms with Crippen molar-refractivity contribution in [2.75, 3.05) is 5.32 Å². The van der Waals surface area contributed by atoms with E-state index in [-0.39, 0.29) is 0 Å². The van der Waals surface area contributed by atoms with Crippen LogP contribution in [-0.2, 0) is 0 Å². The van der Waals surface area contributed by atoms with E-state index in [2.05, 4.69) is 52.4 Å². The maximum Gasteiger partial charge on any atom is 0.171 e. The molecule has 2 bridgehead atoms. The molecule has 3 unspecified atom stereocenters. The molecule has 2 aliphatic carbocycles. The Morgan fingerprint density at radius 1 is 1.09 bits per heavy atom. The van der Waals surface area contributed by atoms with Crippen molar-refractivity contribution in [1.82, 2.24) is 5.32 Å². The summed E-state index contributed by atoms with van der Waals surface area (Å²) >= 11 is 7.31. The second-order valence-corrected chi connectivity index (χ2v) is 7.76. The lowest BCUT2D eigenvalue weighted by Gasteiger charge is -2.25. The summed E-state index contributed by atoms with van der Waals surface area (Å²) in [6.07, 6.45) is 5.48. The monoisotopic (exact) mass is 328 g/mol. The molecular formula is C18H20N2S2. The van der Waals surface area contributed by atoms with Crippen LogP contribution in [0.25, 0.3) is 10.4 Å². The van der Waals surface area contributed by atoms with E-state index in [1.165, 1.54) is 36.1 Å². The van der Waals surface area contributed by atoms with Gasteiger partial charge in [-0.2, -0.15) is 0 Å². The van der Waals surface area contributed by atoms with E-state index < -0.39 is 0 Å². The summed E-state index contributed by atoms with van der Waals surface area (Å²) in [5.41, 5.74) is 2.31. The van der Waals surface area contributed by atoms with Gasteiger partial charge in [0.2, 0.25) is 0 Å². The molecule has 22 heavy (non-hydrogen) atoms. The van der Waals surface area contributed by atoms with Crippen LogP contribution >= 0.6 is 23.6 Å². The highest BCUT2D eigenvalue weighted by molar-refractivity contribution is 7.80. The molecule has 2 aromatic rings. The molecule has 2 fully saturated rings. The molecule has 2 aliphatic rings. The Hall–Kier alpha value is -1.39. The Bertz CT molecular complexity index is 665. The van der Waals surface area contributed by atoms with Gasteiger partial charge in [0.25, 0.3) is 0 Å². The van der Waals surface area contributed by atoms with Crippen molar-refractivity contribution in [1.29, 1.82) is 0 Å². The molecule has 1 aromatic heterocycles. The minimum atomic E-state index is 0.577. The average molecular weight is 329 g/mol. The quantitative estimate of drug-likeness (QED) is 0.785. The largest absolute Gasteiger partial charge is 0.359 e. The summed E-state index contributed by atoms with van der Waals surface area (Å²) in [6, 6.07) is 13.2. The third kappa shape index (κ3) is 2.77. The van der Waals surface area contributed by atoms with Gasteiger partial charge in [0.15, 0.2) is 5.11 Å². The van der Waals surface area contributed by atoms with Crippen molar-refractivity contribution in [3.05, 3.63) is 41.8 Å². The zero-order valence-electron chi connectivity index (χ0n) is 12.4. The highest BCUT2D eigenvalue weighted by atomic mass is 32.1. The molecule has 1 heterocycles. The fraction of sp³-hybridized carbons (Fsp3) is 0.389. The first-order valence-electron chi connectivity index (χ1n) is 8.00. The molecule has 1 aromatic carbocycles. The van der Waals surface area contributed by atoms with E-state index in [1.807, 2.05) is 0 Å². The molecule has 4 heteroatoms. The van der Waals surface area contributed by atoms with E-state index in [4.69, 9.17) is 12.2 Å². The molecule has 2 nitrogen and oxygen atoms in total. The Kier molecular flexibility index (Phi) is 3.89. The molecule has 0 aliphatic heterocycles. The number of fused-ring (bicyclic) bond motifs is 2. The lowest BCUT2D eigenvalue weighted by Crippen LogP contribution is -2.40. The van der Waals surface area contributed by atoms with Gasteiger partial charge in [0.1, 0.15) is 0 Å². The van der Waals surface area contributed by atoms with Gasteiger partial charge in [-0.05, 0) is 60.8 Å². The highest BCUT2D eigenvalue weighted by Crippen LogP contribution is 2.44. The minimum Gasteiger partial charge on any atom is -0.359 e. The maximum atomic E-state index is 5.56. The number of rotatable bonds is 3. The first-order valence-corrected chi connectivity index (χ1v) is 9.29. The normalized spacial score (nSPS) is 26.1. The van der Waals surface area contributed by atoms with Crippen LogP contribution in [0.1, 0.15) is 25.7 Å². The van der Waals surface area contributed by atoms with Gasteiger partial charge in [-0.1, -0.05) is 30.7 Å². The Labute approximate surface area is 140 Å². The molecule has 4 rings (SSSR count). The fourth-order valence-corrected chi connectivity index (χ4v) is 5.01. The number of hydrogen-bond acceptors (Lipinski definition) is 2. The third-order valence-corrected chi connectivity index (χ3v) is 6.14. The molecule has 0 saturated heterocycles. The van der Waals surface area contributed by atoms with Gasteiger partial charge in [-0.3, -0.25) is 0 Å². The van der Waals surface area contributed by atoms with Gasteiger partial charge >= 0.3 is 0 Å². The molecule has 0 radical (unpaired) electrons. The first-order chi connectivity index (χ1) is 10.8. The van der Waals surface area contributed by atoms with E-state index in [1.54, 1.807) is 11.3 Å². The molecule has 3 atom stereocenters. The lowest BCUT2D eigenvalue weighted by atomic mass is 9.95. The van der Waals surface area contributed by atoms with Gasteiger partial charge in [-0.25, -0.2) is 0 Å². The van der Waals surface area contributed by atoms with Crippen LogP contribution in [0, 0.1) is 11.8 Å². The van der Waals surface area contributed by atoms with Crippen LogP contribution in [0.5, 0.6) is 0 Å². The summed E-state index contributed by atoms with van der Waals surface area (Å²) < 4.78 is 0. The number of thiophene rings is 1. The SMILES string of the molecule is S=C(Nc1ccccc1-c1cccs1)NC1CC2CCC1C2. The Morgan fingerprint density at radius 2 is 2.00 bits per heavy atom. The molecule has 0 spiro atoms. The summed E-state index contributed by atoms with van der Waals surface area (Å²) in [4.78, 5) is 1.27. The zero-order valence-corrected chi connectivity index (χ0v) is 14.1. The third-order valence-electron chi connectivity index (χ3n) is 5.02. The van der Waals surface area contributed by atoms with Crippen LogP contribution in [0.2, 0.25) is 0 Å². The number of benzene rings is 1. The number of hydrogen-bond donors (Lipinski definition) is 2. The van der Waals surface area contributed by atoms with Crippen LogP contribution in [-0.4, -0.2) is 11.2 Å². The predicted molar refractivity (Wildman–Crippen MR) is 98.3 cm³/mol. The van der Waals surface area contributed by atoms with Crippen molar-refractivity contribution in [2.24, 2.45) is 11.8 Å². The van der Waals surface area contributed by atoms with Gasteiger partial charge in [0.05, 0.1) is 0 Å². The molecule has 114 valence electrons. The smallest absolute Gasteiger partial charge is 0.171 e. The predicted octanol–water partition coefficient (Wildman–Crippen LogP) is 4.89. The second-order valence-electron chi connectivity index (χ2n) is 6.40. The van der Waals surface area contributed by atoms with Gasteiger partial charge in [-0.15, -0.1) is 11.3 Å². The van der Waals surface area contributed by atoms with Crippen LogP contribution in [0.15, 0.2) is 41.8 Å². The van der Waals surface area contributed by atoms with E-state index in [9.17, 15) is 0 Å². The summed E-state index contributed by atoms with van der Waals surface area (Å²) in [5, 5.41) is 9.84. The van der Waals surface area contributed by atoms with Crippen molar-refractivity contribution >= 4 is 34.4 Å². The van der Waals surface area contributed by atoms with E-state index in [0.717, 1.165) is 22.6 Å². The second kappa shape index (κ2) is 6.01. The van der Waals surface area contributed by atoms with Crippen LogP contribution in [0.4, 0.5) is 5.69 Å². The van der Waals surface area contributed by atoms with Crippen LogP contribution in [0.3, 0.4) is 0 Å². The number of thiocarbonyl (C=S) groups is 1. The molecule has 2 N–H and O–H groups in total. The average Bonchev–Trinajstić information content (AvgIpc) is 3.25. The Balaban J connectivity index is 1.46. The zero-order chi connectivity index (χ0) is 14.9. The van der Waals surface area contributed by atoms with Crippen molar-refractivity contribution < 1.29 is 0 Å². The van der Waals surface area contributed by atoms with Crippen molar-refractivity contribution in [2.45, 2.75) is 31.7 Å². The van der Waals surface area contributed by atoms with Gasteiger partial charge in [0, 0.05) is 22.2 Å². The van der Waals surface area contributed by atoms with Gasteiger partial charge < -0.3 is 10.6 Å². The number of anilines is 1. The lowest BCUT2D eigenvalue weighted by molar-refractivity contribution is 0.392. The molecule has 0 amide bonds. The molecule has 2 saturated carbocycles. The Morgan fingerprint density at radius 3 is 2.73 bits per heavy atom. The van der Waals surface area contributed by atoms with E-state index in [0.29, 0.717) is 6.04 Å². The summed E-state index contributed by atoms with van der Waals surface area (Å²) in [5.74, 6) is 1.76. The van der Waals surface area contributed by atoms with Crippen molar-refractivity contribution in [3.63, 3.8) is 0 Å². The standard InChI is InChI=1S/C18H20N2S2/c21-18(20-16-11-12-7-8-13(16)10-12)19-15-5-2-1-4-14(15)17-6-3-9-22-17/h1-6,9,12-13,16H,7-8,10-11H2,(H2,19,20,21).